The summed E-state index contributed by atoms with van der Waals surface area (Å²) in [6.45, 7) is 5.96. The van der Waals surface area contributed by atoms with Gasteiger partial charge in [-0.05, 0) is 0 Å². The second-order valence-corrected chi connectivity index (χ2v) is 8.91. The number of aromatic nitrogens is 4. The molecular formula is C18H38N10+2. The molecule has 0 unspecified atom stereocenters. The molecule has 2 aromatic heterocycles. The Hall–Kier alpha value is -2.46. The Balaban J connectivity index is 1.71. The van der Waals surface area contributed by atoms with Crippen LogP contribution in [0.15, 0.2) is 12.4 Å². The lowest BCUT2D eigenvalue weighted by molar-refractivity contribution is -0.946. The van der Waals surface area contributed by atoms with Crippen molar-refractivity contribution in [1.82, 2.24) is 19.6 Å². The van der Waals surface area contributed by atoms with Crippen LogP contribution in [-0.4, -0.2) is 82.9 Å². The number of nitrogen functional groups attached to an aromatic ring is 4. The summed E-state index contributed by atoms with van der Waals surface area (Å²) in [7, 11) is 9.10. The van der Waals surface area contributed by atoms with E-state index in [1.54, 1.807) is 17.1 Å². The lowest BCUT2D eigenvalue weighted by Gasteiger charge is -2.35. The van der Waals surface area contributed by atoms with Gasteiger partial charge in [-0.3, -0.25) is 4.68 Å². The third kappa shape index (κ3) is 6.31. The van der Waals surface area contributed by atoms with Gasteiger partial charge in [-0.15, -0.1) is 0 Å². The first kappa shape index (κ1) is 21.8. The first-order valence-corrected chi connectivity index (χ1v) is 9.78. The van der Waals surface area contributed by atoms with E-state index in [1.807, 2.05) is 4.68 Å². The fourth-order valence-corrected chi connectivity index (χ4v) is 3.23. The normalized spacial score (nSPS) is 12.6. The number of anilines is 4. The van der Waals surface area contributed by atoms with Crippen molar-refractivity contribution < 1.29 is 8.97 Å². The highest BCUT2D eigenvalue weighted by molar-refractivity contribution is 5.57. The van der Waals surface area contributed by atoms with Crippen molar-refractivity contribution >= 4 is 23.0 Å². The Bertz CT molecular complexity index is 739. The van der Waals surface area contributed by atoms with Crippen molar-refractivity contribution in [1.29, 1.82) is 0 Å². The molecule has 0 saturated carbocycles. The van der Waals surface area contributed by atoms with Crippen molar-refractivity contribution in [2.24, 2.45) is 0 Å². The molecule has 2 rings (SSSR count). The first-order valence-electron chi connectivity index (χ1n) is 9.78. The summed E-state index contributed by atoms with van der Waals surface area (Å²) in [4.78, 5) is 0. The van der Waals surface area contributed by atoms with Crippen LogP contribution in [0, 0.1) is 0 Å². The van der Waals surface area contributed by atoms with Crippen LogP contribution in [0.4, 0.5) is 23.0 Å². The van der Waals surface area contributed by atoms with Gasteiger partial charge in [0.15, 0.2) is 5.82 Å². The molecule has 2 heterocycles. The van der Waals surface area contributed by atoms with Crippen LogP contribution in [0.5, 0.6) is 0 Å². The SMILES string of the molecule is C[N+](C)(CCCn1cc(N)c(N)n1)CC[N+](C)(C)CCCn1ncc(N)c1N. The summed E-state index contributed by atoms with van der Waals surface area (Å²) >= 11 is 0. The number of hydrogen-bond acceptors (Lipinski definition) is 6. The molecule has 158 valence electrons. The van der Waals surface area contributed by atoms with Gasteiger partial charge in [-0.25, -0.2) is 4.68 Å². The van der Waals surface area contributed by atoms with E-state index in [9.17, 15) is 0 Å². The van der Waals surface area contributed by atoms with Crippen LogP contribution < -0.4 is 22.9 Å². The van der Waals surface area contributed by atoms with Crippen molar-refractivity contribution in [3.05, 3.63) is 12.4 Å². The van der Waals surface area contributed by atoms with Gasteiger partial charge in [0.25, 0.3) is 0 Å². The fourth-order valence-electron chi connectivity index (χ4n) is 3.23. The third-order valence-corrected chi connectivity index (χ3v) is 5.32. The number of quaternary nitrogens is 2. The highest BCUT2D eigenvalue weighted by Crippen LogP contribution is 2.14. The zero-order valence-corrected chi connectivity index (χ0v) is 17.8. The minimum atomic E-state index is 0.410. The fraction of sp³-hybridized carbons (Fsp3) is 0.667. The number of nitrogens with two attached hydrogens (primary N) is 4. The van der Waals surface area contributed by atoms with Gasteiger partial charge in [0.1, 0.15) is 18.9 Å². The second-order valence-electron chi connectivity index (χ2n) is 8.91. The second kappa shape index (κ2) is 8.70. The molecule has 0 aliphatic rings. The summed E-state index contributed by atoms with van der Waals surface area (Å²) in [5.74, 6) is 0.969. The molecule has 8 N–H and O–H groups in total. The van der Waals surface area contributed by atoms with E-state index >= 15 is 0 Å². The van der Waals surface area contributed by atoms with Crippen LogP contribution >= 0.6 is 0 Å². The molecule has 0 radical (unpaired) electrons. The smallest absolute Gasteiger partial charge is 0.168 e. The van der Waals surface area contributed by atoms with Gasteiger partial charge in [0.05, 0.1) is 65.0 Å². The van der Waals surface area contributed by atoms with Crippen molar-refractivity contribution in [3.63, 3.8) is 0 Å². The number of likely N-dealkylation sites (N-methyl/N-ethyl adjacent to an activating group) is 2. The van der Waals surface area contributed by atoms with E-state index in [0.29, 0.717) is 23.0 Å². The molecule has 0 amide bonds. The van der Waals surface area contributed by atoms with Crippen LogP contribution in [0.25, 0.3) is 0 Å². The van der Waals surface area contributed by atoms with Gasteiger partial charge in [-0.1, -0.05) is 0 Å². The van der Waals surface area contributed by atoms with Crippen LogP contribution in [0.2, 0.25) is 0 Å². The Labute approximate surface area is 167 Å². The Morgan fingerprint density at radius 3 is 1.86 bits per heavy atom. The van der Waals surface area contributed by atoms with E-state index in [4.69, 9.17) is 22.9 Å². The number of rotatable bonds is 11. The van der Waals surface area contributed by atoms with E-state index in [0.717, 1.165) is 61.1 Å². The zero-order valence-electron chi connectivity index (χ0n) is 17.8. The lowest BCUT2D eigenvalue weighted by Crippen LogP contribution is -2.51. The Morgan fingerprint density at radius 1 is 0.821 bits per heavy atom. The molecule has 28 heavy (non-hydrogen) atoms. The monoisotopic (exact) mass is 394 g/mol. The first-order chi connectivity index (χ1) is 13.0. The highest BCUT2D eigenvalue weighted by Gasteiger charge is 2.22. The maximum Gasteiger partial charge on any atom is 0.168 e. The molecule has 2 aromatic rings. The largest absolute Gasteiger partial charge is 0.394 e. The summed E-state index contributed by atoms with van der Waals surface area (Å²) < 4.78 is 5.55. The molecule has 0 bridgehead atoms. The molecule has 0 aliphatic carbocycles. The average Bonchev–Trinajstić information content (AvgIpc) is 3.09. The Morgan fingerprint density at radius 2 is 1.39 bits per heavy atom. The molecule has 0 aromatic carbocycles. The molecule has 0 atom stereocenters. The van der Waals surface area contributed by atoms with Crippen LogP contribution in [0.3, 0.4) is 0 Å². The highest BCUT2D eigenvalue weighted by atomic mass is 15.4. The average molecular weight is 395 g/mol. The van der Waals surface area contributed by atoms with Gasteiger partial charge in [0, 0.05) is 25.9 Å². The lowest BCUT2D eigenvalue weighted by atomic mass is 10.3. The van der Waals surface area contributed by atoms with Gasteiger partial charge < -0.3 is 31.9 Å². The quantitative estimate of drug-likeness (QED) is 0.397. The van der Waals surface area contributed by atoms with E-state index in [1.165, 1.54) is 0 Å². The van der Waals surface area contributed by atoms with Gasteiger partial charge in [0.2, 0.25) is 0 Å². The Kier molecular flexibility index (Phi) is 6.78. The standard InChI is InChI=1S/C18H38N10/c1-27(2,9-5-7-25-14-16(20)17(21)24-25)11-12-28(3,4)10-6-8-26-18(22)15(19)13-23-26/h13-14H,5-12,19-20,22H2,1-4H3,(H2,21,24)/q+2. The minimum Gasteiger partial charge on any atom is -0.394 e. The van der Waals surface area contributed by atoms with Crippen LogP contribution in [0.1, 0.15) is 12.8 Å². The number of hydrogen-bond donors (Lipinski definition) is 4. The molecule has 10 nitrogen and oxygen atoms in total. The molecule has 0 fully saturated rings. The van der Waals surface area contributed by atoms with Crippen molar-refractivity contribution in [3.8, 4) is 0 Å². The summed E-state index contributed by atoms with van der Waals surface area (Å²) in [5, 5.41) is 8.44. The number of aryl methyl sites for hydroxylation is 2. The van der Waals surface area contributed by atoms with E-state index in [2.05, 4.69) is 38.4 Å². The third-order valence-electron chi connectivity index (χ3n) is 5.32. The van der Waals surface area contributed by atoms with Gasteiger partial charge in [-0.2, -0.15) is 10.2 Å². The molecule has 0 spiro atoms. The predicted octanol–water partition coefficient (Wildman–Crippen LogP) is 0.0416. The minimum absolute atomic E-state index is 0.410. The van der Waals surface area contributed by atoms with E-state index in [-0.39, 0.29) is 0 Å². The number of nitrogens with zero attached hydrogens (tertiary/aromatic N) is 6. The molecular weight excluding hydrogens is 356 g/mol. The maximum atomic E-state index is 5.91. The summed E-state index contributed by atoms with van der Waals surface area (Å²) in [6.07, 6.45) is 5.45. The van der Waals surface area contributed by atoms with Crippen LogP contribution in [-0.2, 0) is 13.1 Å². The van der Waals surface area contributed by atoms with Gasteiger partial charge >= 0.3 is 0 Å². The molecule has 0 aliphatic heterocycles. The molecule has 0 saturated heterocycles. The maximum absolute atomic E-state index is 5.91. The predicted molar refractivity (Wildman–Crippen MR) is 115 cm³/mol. The zero-order chi connectivity index (χ0) is 20.9. The van der Waals surface area contributed by atoms with Crippen molar-refractivity contribution in [2.75, 3.05) is 77.3 Å². The summed E-state index contributed by atoms with van der Waals surface area (Å²) in [6, 6.07) is 0. The van der Waals surface area contributed by atoms with E-state index < -0.39 is 0 Å². The topological polar surface area (TPSA) is 140 Å². The summed E-state index contributed by atoms with van der Waals surface area (Å²) in [5.41, 5.74) is 24.2. The molecule has 10 heteroatoms. The van der Waals surface area contributed by atoms with Crippen molar-refractivity contribution in [2.45, 2.75) is 25.9 Å².